The average Bonchev–Trinajstić information content (AvgIpc) is 3.14. The minimum absolute atomic E-state index is 0.221. The summed E-state index contributed by atoms with van der Waals surface area (Å²) in [6.07, 6.45) is 1.64. The van der Waals surface area contributed by atoms with E-state index in [2.05, 4.69) is 0 Å². The van der Waals surface area contributed by atoms with E-state index in [1.165, 1.54) is 4.90 Å². The number of carbonyl (C=O) groups is 3. The highest BCUT2D eigenvalue weighted by atomic mass is 32.2. The van der Waals surface area contributed by atoms with Gasteiger partial charge in [-0.2, -0.15) is 0 Å². The first-order chi connectivity index (χ1) is 17.4. The van der Waals surface area contributed by atoms with Crippen molar-refractivity contribution in [1.29, 1.82) is 0 Å². The molecule has 3 aromatic carbocycles. The van der Waals surface area contributed by atoms with Crippen LogP contribution in [0.4, 0.5) is 4.79 Å². The van der Waals surface area contributed by atoms with Gasteiger partial charge >= 0.3 is 5.97 Å². The number of esters is 1. The maximum atomic E-state index is 13.0. The Bertz CT molecular complexity index is 1330. The lowest BCUT2D eigenvalue weighted by Crippen LogP contribution is -2.27. The zero-order chi connectivity index (χ0) is 25.7. The molecule has 184 valence electrons. The van der Waals surface area contributed by atoms with Crippen LogP contribution in [0.3, 0.4) is 0 Å². The Balaban J connectivity index is 1.53. The van der Waals surface area contributed by atoms with Crippen LogP contribution in [-0.2, 0) is 11.3 Å². The minimum Gasteiger partial charge on any atom is -0.497 e. The molecule has 0 N–H and O–H groups in total. The van der Waals surface area contributed by atoms with Crippen LogP contribution in [-0.4, -0.2) is 35.7 Å². The molecule has 1 aliphatic rings. The van der Waals surface area contributed by atoms with Gasteiger partial charge < -0.3 is 14.2 Å². The number of methoxy groups -OCH3 is 1. The third-order valence-electron chi connectivity index (χ3n) is 5.56. The first kappa shape index (κ1) is 25.1. The highest BCUT2D eigenvalue weighted by Crippen LogP contribution is 2.36. The molecular weight excluding hydrogens is 478 g/mol. The smallest absolute Gasteiger partial charge is 0.343 e. The number of benzene rings is 3. The van der Waals surface area contributed by atoms with E-state index in [4.69, 9.17) is 14.2 Å². The number of aryl methyl sites for hydroxylation is 1. The zero-order valence-electron chi connectivity index (χ0n) is 20.1. The summed E-state index contributed by atoms with van der Waals surface area (Å²) < 4.78 is 16.4. The van der Waals surface area contributed by atoms with Crippen LogP contribution in [0, 0.1) is 6.92 Å². The van der Waals surface area contributed by atoms with E-state index >= 15 is 0 Å². The molecule has 0 atom stereocenters. The van der Waals surface area contributed by atoms with Gasteiger partial charge in [-0.3, -0.25) is 14.5 Å². The molecule has 1 heterocycles. The number of nitrogens with zero attached hydrogens (tertiary/aromatic N) is 1. The highest BCUT2D eigenvalue weighted by Gasteiger charge is 2.35. The molecule has 0 bridgehead atoms. The van der Waals surface area contributed by atoms with Gasteiger partial charge in [0.25, 0.3) is 11.1 Å². The lowest BCUT2D eigenvalue weighted by Gasteiger charge is -2.14. The van der Waals surface area contributed by atoms with Crippen LogP contribution in [0.15, 0.2) is 71.6 Å². The average molecular weight is 504 g/mol. The number of hydrogen-bond acceptors (Lipinski definition) is 7. The molecule has 36 heavy (non-hydrogen) atoms. The van der Waals surface area contributed by atoms with Gasteiger partial charge in [-0.05, 0) is 84.8 Å². The molecule has 0 aromatic heterocycles. The maximum Gasteiger partial charge on any atom is 0.343 e. The van der Waals surface area contributed by atoms with Gasteiger partial charge in [0.2, 0.25) is 0 Å². The molecule has 1 fully saturated rings. The Morgan fingerprint density at radius 1 is 1.00 bits per heavy atom. The van der Waals surface area contributed by atoms with E-state index in [1.807, 2.05) is 38.1 Å². The topological polar surface area (TPSA) is 82.1 Å². The van der Waals surface area contributed by atoms with E-state index in [-0.39, 0.29) is 23.4 Å². The van der Waals surface area contributed by atoms with Crippen LogP contribution in [0.5, 0.6) is 17.2 Å². The summed E-state index contributed by atoms with van der Waals surface area (Å²) in [5.41, 5.74) is 2.94. The van der Waals surface area contributed by atoms with Crippen LogP contribution in [0.1, 0.15) is 34.0 Å². The lowest BCUT2D eigenvalue weighted by molar-refractivity contribution is -0.123. The molecule has 0 saturated carbocycles. The Kier molecular flexibility index (Phi) is 7.75. The van der Waals surface area contributed by atoms with Crippen molar-refractivity contribution >= 4 is 35.0 Å². The fraction of sp³-hybridized carbons (Fsp3) is 0.179. The second-order valence-corrected chi connectivity index (χ2v) is 8.94. The first-order valence-corrected chi connectivity index (χ1v) is 12.1. The number of ether oxygens (including phenoxy) is 3. The molecule has 2 amide bonds. The van der Waals surface area contributed by atoms with E-state index in [9.17, 15) is 14.4 Å². The van der Waals surface area contributed by atoms with Crippen molar-refractivity contribution in [2.24, 2.45) is 0 Å². The van der Waals surface area contributed by atoms with Crippen molar-refractivity contribution in [3.05, 3.63) is 93.9 Å². The standard InChI is InChI=1S/C28H25NO6S/c1-4-34-24-15-19(9-14-23(24)35-27(31)20-10-12-22(33-3)13-11-20)16-25-26(30)29(28(32)36-25)17-21-8-6-5-7-18(21)2/h5-16H,4,17H2,1-3H3/b25-16-. The SMILES string of the molecule is CCOc1cc(/C=C2\SC(=O)N(Cc3ccccc3C)C2=O)ccc1OC(=O)c1ccc(OC)cc1. The monoisotopic (exact) mass is 503 g/mol. The van der Waals surface area contributed by atoms with Crippen LogP contribution in [0.25, 0.3) is 6.08 Å². The van der Waals surface area contributed by atoms with Crippen molar-refractivity contribution in [3.63, 3.8) is 0 Å². The number of carbonyl (C=O) groups excluding carboxylic acids is 3. The van der Waals surface area contributed by atoms with Gasteiger partial charge in [0.15, 0.2) is 11.5 Å². The fourth-order valence-corrected chi connectivity index (χ4v) is 4.44. The van der Waals surface area contributed by atoms with Crippen molar-refractivity contribution in [2.75, 3.05) is 13.7 Å². The minimum atomic E-state index is -0.538. The largest absolute Gasteiger partial charge is 0.497 e. The van der Waals surface area contributed by atoms with Crippen molar-refractivity contribution in [2.45, 2.75) is 20.4 Å². The summed E-state index contributed by atoms with van der Waals surface area (Å²) in [5.74, 6) is 0.355. The van der Waals surface area contributed by atoms with Gasteiger partial charge in [0.1, 0.15) is 5.75 Å². The predicted octanol–water partition coefficient (Wildman–Crippen LogP) is 5.86. The van der Waals surface area contributed by atoms with Gasteiger partial charge in [-0.25, -0.2) is 4.79 Å². The van der Waals surface area contributed by atoms with Crippen molar-refractivity contribution in [3.8, 4) is 17.2 Å². The predicted molar refractivity (Wildman–Crippen MR) is 138 cm³/mol. The summed E-state index contributed by atoms with van der Waals surface area (Å²) in [6.45, 7) is 4.34. The molecule has 0 spiro atoms. The third-order valence-corrected chi connectivity index (χ3v) is 6.46. The summed E-state index contributed by atoms with van der Waals surface area (Å²) in [6, 6.07) is 19.2. The normalized spacial score (nSPS) is 14.3. The van der Waals surface area contributed by atoms with Gasteiger partial charge in [0, 0.05) is 0 Å². The van der Waals surface area contributed by atoms with Gasteiger partial charge in [-0.1, -0.05) is 30.3 Å². The lowest BCUT2D eigenvalue weighted by atomic mass is 10.1. The van der Waals surface area contributed by atoms with Crippen LogP contribution >= 0.6 is 11.8 Å². The molecule has 0 radical (unpaired) electrons. The van der Waals surface area contributed by atoms with E-state index in [0.717, 1.165) is 22.9 Å². The Morgan fingerprint density at radius 2 is 1.75 bits per heavy atom. The van der Waals surface area contributed by atoms with Crippen LogP contribution < -0.4 is 14.2 Å². The fourth-order valence-electron chi connectivity index (χ4n) is 3.60. The van der Waals surface area contributed by atoms with E-state index in [1.54, 1.807) is 55.7 Å². The van der Waals surface area contributed by atoms with Gasteiger partial charge in [0.05, 0.1) is 30.7 Å². The third kappa shape index (κ3) is 5.60. The van der Waals surface area contributed by atoms with Crippen LogP contribution in [0.2, 0.25) is 0 Å². The molecule has 8 heteroatoms. The molecule has 1 saturated heterocycles. The molecule has 1 aliphatic heterocycles. The molecule has 7 nitrogen and oxygen atoms in total. The summed E-state index contributed by atoms with van der Waals surface area (Å²) in [5, 5.41) is -0.315. The van der Waals surface area contributed by atoms with Crippen molar-refractivity contribution < 1.29 is 28.6 Å². The van der Waals surface area contributed by atoms with E-state index in [0.29, 0.717) is 34.1 Å². The number of amides is 2. The van der Waals surface area contributed by atoms with Crippen molar-refractivity contribution in [1.82, 2.24) is 4.90 Å². The summed E-state index contributed by atoms with van der Waals surface area (Å²) in [7, 11) is 1.55. The summed E-state index contributed by atoms with van der Waals surface area (Å²) in [4.78, 5) is 39.7. The Hall–Kier alpha value is -4.04. The molecule has 0 unspecified atom stereocenters. The Labute approximate surface area is 213 Å². The second kappa shape index (κ2) is 11.1. The Morgan fingerprint density at radius 3 is 2.44 bits per heavy atom. The number of hydrogen-bond donors (Lipinski definition) is 0. The number of thioether (sulfide) groups is 1. The molecule has 4 rings (SSSR count). The zero-order valence-corrected chi connectivity index (χ0v) is 21.0. The quantitative estimate of drug-likeness (QED) is 0.216. The number of imide groups is 1. The second-order valence-electron chi connectivity index (χ2n) is 7.95. The highest BCUT2D eigenvalue weighted by molar-refractivity contribution is 8.18. The first-order valence-electron chi connectivity index (χ1n) is 11.3. The maximum absolute atomic E-state index is 13.0. The molecule has 3 aromatic rings. The van der Waals surface area contributed by atoms with E-state index < -0.39 is 5.97 Å². The number of rotatable bonds is 8. The summed E-state index contributed by atoms with van der Waals surface area (Å²) >= 11 is 0.898. The molecular formula is C28H25NO6S. The molecule has 0 aliphatic carbocycles. The van der Waals surface area contributed by atoms with Gasteiger partial charge in [-0.15, -0.1) is 0 Å².